The highest BCUT2D eigenvalue weighted by Gasteiger charge is 2.34. The minimum atomic E-state index is -1.35. The molecule has 0 saturated carbocycles. The first-order valence-corrected chi connectivity index (χ1v) is 10.8. The van der Waals surface area contributed by atoms with Crippen molar-refractivity contribution in [1.29, 1.82) is 0 Å². The van der Waals surface area contributed by atoms with Crippen LogP contribution in [0.4, 0.5) is 10.1 Å². The Morgan fingerprint density at radius 1 is 1.09 bits per heavy atom. The highest BCUT2D eigenvalue weighted by atomic mass is 19.1. The first kappa shape index (κ1) is 21.0. The van der Waals surface area contributed by atoms with Gasteiger partial charge in [0, 0.05) is 37.3 Å². The van der Waals surface area contributed by atoms with Crippen molar-refractivity contribution >= 4 is 5.69 Å². The maximum Gasteiger partial charge on any atom is 0.278 e. The predicted octanol–water partition coefficient (Wildman–Crippen LogP) is 5.48. The van der Waals surface area contributed by atoms with Crippen LogP contribution in [0.3, 0.4) is 0 Å². The lowest BCUT2D eigenvalue weighted by Gasteiger charge is -2.29. The fraction of sp³-hybridized carbons (Fsp3) is 0.280. The van der Waals surface area contributed by atoms with Gasteiger partial charge in [-0.05, 0) is 24.1 Å². The van der Waals surface area contributed by atoms with Crippen LogP contribution in [0.2, 0.25) is 0 Å². The number of ether oxygens (including phenoxy) is 1. The maximum absolute atomic E-state index is 15.1. The molecule has 0 spiro atoms. The van der Waals surface area contributed by atoms with E-state index in [1.54, 1.807) is 24.3 Å². The Morgan fingerprint density at radius 3 is 2.52 bits per heavy atom. The summed E-state index contributed by atoms with van der Waals surface area (Å²) in [5.74, 6) is 0.754. The van der Waals surface area contributed by atoms with E-state index in [4.69, 9.17) is 15.8 Å². The summed E-state index contributed by atoms with van der Waals surface area (Å²) in [5.41, 5.74) is 3.25. The Bertz CT molecular complexity index is 1300. The van der Waals surface area contributed by atoms with Gasteiger partial charge < -0.3 is 9.26 Å². The second kappa shape index (κ2) is 8.60. The number of alkyl halides is 1. The van der Waals surface area contributed by atoms with Crippen molar-refractivity contribution in [2.24, 2.45) is 0 Å². The molecule has 1 aliphatic heterocycles. The van der Waals surface area contributed by atoms with Gasteiger partial charge >= 0.3 is 0 Å². The van der Waals surface area contributed by atoms with Crippen molar-refractivity contribution in [3.63, 3.8) is 0 Å². The van der Waals surface area contributed by atoms with Gasteiger partial charge in [-0.3, -0.25) is 4.68 Å². The summed E-state index contributed by atoms with van der Waals surface area (Å²) >= 11 is 0. The first-order chi connectivity index (χ1) is 16.0. The fourth-order valence-electron chi connectivity index (χ4n) is 3.97. The molecule has 1 aliphatic rings. The molecule has 7 nitrogen and oxygen atoms in total. The molecular formula is C25H22FN5O2. The van der Waals surface area contributed by atoms with Crippen molar-refractivity contribution in [3.05, 3.63) is 82.8 Å². The largest absolute Gasteiger partial charge is 0.381 e. The summed E-state index contributed by atoms with van der Waals surface area (Å²) in [7, 11) is 0. The molecule has 2 aromatic heterocycles. The number of rotatable bonds is 5. The van der Waals surface area contributed by atoms with Gasteiger partial charge in [0.15, 0.2) is 11.4 Å². The Morgan fingerprint density at radius 2 is 1.82 bits per heavy atom. The SMILES string of the molecule is [C-]#[N+]c1ccc(Cn2nc(-c3nc(-c4ccc(C5(F)CCOCC5)cc4)no3)cc2C)cc1. The molecule has 0 bridgehead atoms. The summed E-state index contributed by atoms with van der Waals surface area (Å²) in [5, 5.41) is 8.69. The normalized spacial score (nSPS) is 15.3. The lowest BCUT2D eigenvalue weighted by Crippen LogP contribution is -2.29. The molecule has 33 heavy (non-hydrogen) atoms. The van der Waals surface area contributed by atoms with Crippen molar-refractivity contribution in [2.75, 3.05) is 13.2 Å². The molecule has 3 heterocycles. The zero-order valence-corrected chi connectivity index (χ0v) is 18.2. The van der Waals surface area contributed by atoms with E-state index >= 15 is 4.39 Å². The summed E-state index contributed by atoms with van der Waals surface area (Å²) < 4.78 is 27.7. The number of hydrogen-bond acceptors (Lipinski definition) is 5. The van der Waals surface area contributed by atoms with Crippen molar-refractivity contribution < 1.29 is 13.7 Å². The molecule has 4 aromatic rings. The molecule has 0 aliphatic carbocycles. The fourth-order valence-corrected chi connectivity index (χ4v) is 3.97. The first-order valence-electron chi connectivity index (χ1n) is 10.8. The van der Waals surface area contributed by atoms with E-state index in [-0.39, 0.29) is 0 Å². The lowest BCUT2D eigenvalue weighted by atomic mass is 9.88. The second-order valence-corrected chi connectivity index (χ2v) is 8.19. The van der Waals surface area contributed by atoms with E-state index < -0.39 is 5.67 Å². The molecule has 0 amide bonds. The summed E-state index contributed by atoms with van der Waals surface area (Å²) in [6.45, 7) is 10.5. The van der Waals surface area contributed by atoms with Crippen molar-refractivity contribution in [1.82, 2.24) is 19.9 Å². The van der Waals surface area contributed by atoms with Crippen LogP contribution in [0.5, 0.6) is 0 Å². The summed E-state index contributed by atoms with van der Waals surface area (Å²) in [6.07, 6.45) is 0.731. The average molecular weight is 443 g/mol. The molecule has 166 valence electrons. The quantitative estimate of drug-likeness (QED) is 0.382. The van der Waals surface area contributed by atoms with Crippen molar-refractivity contribution in [2.45, 2.75) is 32.0 Å². The minimum absolute atomic E-state index is 0.325. The van der Waals surface area contributed by atoms with Crippen LogP contribution in [0.25, 0.3) is 27.8 Å². The second-order valence-electron chi connectivity index (χ2n) is 8.19. The van der Waals surface area contributed by atoms with E-state index in [9.17, 15) is 0 Å². The zero-order chi connectivity index (χ0) is 22.8. The molecular weight excluding hydrogens is 421 g/mol. The molecule has 0 unspecified atom stereocenters. The van der Waals surface area contributed by atoms with Gasteiger partial charge in [0.1, 0.15) is 5.67 Å². The predicted molar refractivity (Wildman–Crippen MR) is 120 cm³/mol. The van der Waals surface area contributed by atoms with Crippen molar-refractivity contribution in [3.8, 4) is 23.0 Å². The van der Waals surface area contributed by atoms with Gasteiger partial charge in [0.25, 0.3) is 5.89 Å². The van der Waals surface area contributed by atoms with E-state index in [1.807, 2.05) is 41.9 Å². The Kier molecular flexibility index (Phi) is 5.48. The van der Waals surface area contributed by atoms with Crippen LogP contribution in [0.15, 0.2) is 59.1 Å². The molecule has 1 saturated heterocycles. The smallest absolute Gasteiger partial charge is 0.278 e. The van der Waals surface area contributed by atoms with Gasteiger partial charge in [-0.15, -0.1) is 0 Å². The molecule has 8 heteroatoms. The zero-order valence-electron chi connectivity index (χ0n) is 18.2. The number of nitrogens with zero attached hydrogens (tertiary/aromatic N) is 5. The van der Waals surface area contributed by atoms with Crippen LogP contribution < -0.4 is 0 Å². The average Bonchev–Trinajstić information content (AvgIpc) is 3.47. The third-order valence-electron chi connectivity index (χ3n) is 5.97. The Balaban J connectivity index is 1.33. The molecule has 2 aromatic carbocycles. The Hall–Kier alpha value is -3.83. The van der Waals surface area contributed by atoms with Gasteiger partial charge in [0.2, 0.25) is 5.82 Å². The number of aryl methyl sites for hydroxylation is 1. The molecule has 5 rings (SSSR count). The number of hydrogen-bond donors (Lipinski definition) is 0. The highest BCUT2D eigenvalue weighted by molar-refractivity contribution is 5.58. The Labute approximate surface area is 190 Å². The number of halogens is 1. The van der Waals surface area contributed by atoms with Crippen LogP contribution in [0.1, 0.15) is 29.7 Å². The molecule has 0 radical (unpaired) electrons. The van der Waals surface area contributed by atoms with Gasteiger partial charge in [-0.2, -0.15) is 10.1 Å². The van der Waals surface area contributed by atoms with Gasteiger partial charge in [-0.1, -0.05) is 53.7 Å². The van der Waals surface area contributed by atoms with E-state index in [0.717, 1.165) is 16.8 Å². The third-order valence-corrected chi connectivity index (χ3v) is 5.97. The van der Waals surface area contributed by atoms with E-state index in [0.29, 0.717) is 61.3 Å². The van der Waals surface area contributed by atoms with Gasteiger partial charge in [0.05, 0.1) is 13.1 Å². The standard InChI is InChI=1S/C25H22FN5O2/c1-17-15-22(29-31(17)16-18-3-9-21(27-2)10-4-18)24-28-23(30-33-24)19-5-7-20(8-6-19)25(26)11-13-32-14-12-25/h3-10,15H,11-14,16H2,1H3. The van der Waals surface area contributed by atoms with Gasteiger partial charge in [-0.25, -0.2) is 9.24 Å². The lowest BCUT2D eigenvalue weighted by molar-refractivity contribution is -0.0114. The molecule has 1 fully saturated rings. The summed E-state index contributed by atoms with van der Waals surface area (Å²) in [6, 6.07) is 16.5. The van der Waals surface area contributed by atoms with E-state index in [1.165, 1.54) is 0 Å². The molecule has 0 atom stereocenters. The van der Waals surface area contributed by atoms with Crippen LogP contribution in [-0.2, 0) is 17.0 Å². The minimum Gasteiger partial charge on any atom is -0.381 e. The summed E-state index contributed by atoms with van der Waals surface area (Å²) in [4.78, 5) is 7.91. The number of benzene rings is 2. The molecule has 0 N–H and O–H groups in total. The maximum atomic E-state index is 15.1. The topological polar surface area (TPSA) is 70.3 Å². The third kappa shape index (κ3) is 4.28. The number of aromatic nitrogens is 4. The van der Waals surface area contributed by atoms with Crippen LogP contribution >= 0.6 is 0 Å². The monoisotopic (exact) mass is 443 g/mol. The van der Waals surface area contributed by atoms with E-state index in [2.05, 4.69) is 20.1 Å². The van der Waals surface area contributed by atoms with Crippen LogP contribution in [-0.4, -0.2) is 33.1 Å². The highest BCUT2D eigenvalue weighted by Crippen LogP contribution is 2.37. The van der Waals surface area contributed by atoms with Crippen LogP contribution in [0, 0.1) is 13.5 Å².